The summed E-state index contributed by atoms with van der Waals surface area (Å²) >= 11 is 0. The SMILES string of the molecule is O=C(CCCCC[C@H](NS(=O)(=O)c1ccc(F)cc1)C(=O)NO)Nc1ccccc1. The molecule has 2 amide bonds. The quantitative estimate of drug-likeness (QED) is 0.244. The lowest BCUT2D eigenvalue weighted by molar-refractivity contribution is -0.131. The molecule has 0 aliphatic carbocycles. The van der Waals surface area contributed by atoms with Crippen LogP contribution in [-0.4, -0.2) is 31.5 Å². The first-order valence-corrected chi connectivity index (χ1v) is 10.9. The molecule has 0 saturated carbocycles. The zero-order valence-corrected chi connectivity index (χ0v) is 17.0. The lowest BCUT2D eigenvalue weighted by Gasteiger charge is -2.17. The normalized spacial score (nSPS) is 12.2. The number of amides is 2. The third kappa shape index (κ3) is 7.54. The molecule has 0 heterocycles. The fraction of sp³-hybridized carbons (Fsp3) is 0.300. The van der Waals surface area contributed by atoms with E-state index in [2.05, 4.69) is 10.0 Å². The van der Waals surface area contributed by atoms with Gasteiger partial charge in [-0.15, -0.1) is 0 Å². The summed E-state index contributed by atoms with van der Waals surface area (Å²) in [6, 6.07) is 12.0. The van der Waals surface area contributed by atoms with Crippen LogP contribution in [0, 0.1) is 5.82 Å². The van der Waals surface area contributed by atoms with Gasteiger partial charge in [0.15, 0.2) is 0 Å². The van der Waals surface area contributed by atoms with E-state index in [1.54, 1.807) is 12.1 Å². The summed E-state index contributed by atoms with van der Waals surface area (Å²) < 4.78 is 40.0. The monoisotopic (exact) mass is 437 g/mol. The Hall–Kier alpha value is -2.82. The summed E-state index contributed by atoms with van der Waals surface area (Å²) in [6.45, 7) is 0. The number of para-hydroxylation sites is 1. The van der Waals surface area contributed by atoms with Gasteiger partial charge in [0.25, 0.3) is 5.91 Å². The van der Waals surface area contributed by atoms with E-state index < -0.39 is 27.8 Å². The van der Waals surface area contributed by atoms with Crippen molar-refractivity contribution in [1.82, 2.24) is 10.2 Å². The van der Waals surface area contributed by atoms with Crippen molar-refractivity contribution in [2.24, 2.45) is 0 Å². The average molecular weight is 437 g/mol. The van der Waals surface area contributed by atoms with Crippen molar-refractivity contribution in [2.75, 3.05) is 5.32 Å². The highest BCUT2D eigenvalue weighted by Crippen LogP contribution is 2.14. The summed E-state index contributed by atoms with van der Waals surface area (Å²) in [6.07, 6.45) is 1.98. The predicted molar refractivity (Wildman–Crippen MR) is 109 cm³/mol. The molecule has 0 radical (unpaired) electrons. The van der Waals surface area contributed by atoms with Crippen molar-refractivity contribution < 1.29 is 27.6 Å². The third-order valence-electron chi connectivity index (χ3n) is 4.30. The Labute approximate surface area is 174 Å². The van der Waals surface area contributed by atoms with E-state index in [4.69, 9.17) is 5.21 Å². The maximum absolute atomic E-state index is 13.0. The van der Waals surface area contributed by atoms with Crippen molar-refractivity contribution in [1.29, 1.82) is 0 Å². The molecule has 1 atom stereocenters. The second-order valence-electron chi connectivity index (χ2n) is 6.62. The first-order valence-electron chi connectivity index (χ1n) is 9.38. The smallest absolute Gasteiger partial charge is 0.261 e. The molecular formula is C20H24FN3O5S. The van der Waals surface area contributed by atoms with Crippen molar-refractivity contribution in [3.63, 3.8) is 0 Å². The van der Waals surface area contributed by atoms with Gasteiger partial charge in [0.05, 0.1) is 4.90 Å². The van der Waals surface area contributed by atoms with Crippen LogP contribution in [0.3, 0.4) is 0 Å². The number of nitrogens with one attached hydrogen (secondary N) is 3. The van der Waals surface area contributed by atoms with E-state index >= 15 is 0 Å². The molecule has 2 rings (SSSR count). The molecule has 0 saturated heterocycles. The van der Waals surface area contributed by atoms with Gasteiger partial charge in [-0.3, -0.25) is 14.8 Å². The molecule has 2 aromatic carbocycles. The number of rotatable bonds is 11. The molecule has 0 aliphatic rings. The summed E-state index contributed by atoms with van der Waals surface area (Å²) in [5.41, 5.74) is 2.15. The Balaban J connectivity index is 1.81. The molecule has 0 spiro atoms. The van der Waals surface area contributed by atoms with Crippen molar-refractivity contribution >= 4 is 27.5 Å². The standard InChI is InChI=1S/C20H24FN3O5S/c21-15-11-13-17(14-12-15)30(28,29)24-18(20(26)23-27)9-5-2-6-10-19(25)22-16-7-3-1-4-8-16/h1,3-4,7-8,11-14,18,24,27H,2,5-6,9-10H2,(H,22,25)(H,23,26)/t18-/m0/s1. The topological polar surface area (TPSA) is 125 Å². The summed E-state index contributed by atoms with van der Waals surface area (Å²) in [5, 5.41) is 11.7. The third-order valence-corrected chi connectivity index (χ3v) is 5.79. The van der Waals surface area contributed by atoms with E-state index in [9.17, 15) is 22.4 Å². The van der Waals surface area contributed by atoms with Crippen LogP contribution in [-0.2, 0) is 19.6 Å². The molecule has 2 aromatic rings. The minimum atomic E-state index is -4.07. The van der Waals surface area contributed by atoms with Crippen LogP contribution in [0.1, 0.15) is 32.1 Å². The minimum absolute atomic E-state index is 0.118. The lowest BCUT2D eigenvalue weighted by Crippen LogP contribution is -2.45. The Morgan fingerprint density at radius 1 is 0.967 bits per heavy atom. The number of halogens is 1. The molecule has 162 valence electrons. The average Bonchev–Trinajstić information content (AvgIpc) is 2.73. The second kappa shape index (κ2) is 11.4. The van der Waals surface area contributed by atoms with Crippen LogP contribution in [0.15, 0.2) is 59.5 Å². The van der Waals surface area contributed by atoms with Crippen LogP contribution in [0.25, 0.3) is 0 Å². The maximum Gasteiger partial charge on any atom is 0.261 e. The van der Waals surface area contributed by atoms with Crippen LogP contribution in [0.2, 0.25) is 0 Å². The Morgan fingerprint density at radius 2 is 1.63 bits per heavy atom. The van der Waals surface area contributed by atoms with E-state index in [1.165, 1.54) is 5.48 Å². The molecule has 0 bridgehead atoms. The zero-order valence-electron chi connectivity index (χ0n) is 16.2. The van der Waals surface area contributed by atoms with Gasteiger partial charge in [-0.05, 0) is 49.2 Å². The van der Waals surface area contributed by atoms with Gasteiger partial charge in [-0.1, -0.05) is 31.0 Å². The summed E-state index contributed by atoms with van der Waals surface area (Å²) in [5.74, 6) is -1.62. The van der Waals surface area contributed by atoms with E-state index in [0.29, 0.717) is 24.9 Å². The van der Waals surface area contributed by atoms with Gasteiger partial charge in [-0.25, -0.2) is 18.3 Å². The Bertz CT molecular complexity index is 937. The fourth-order valence-corrected chi connectivity index (χ4v) is 3.98. The molecule has 0 unspecified atom stereocenters. The number of hydrogen-bond acceptors (Lipinski definition) is 5. The molecular weight excluding hydrogens is 413 g/mol. The van der Waals surface area contributed by atoms with Gasteiger partial charge in [0, 0.05) is 12.1 Å². The molecule has 0 fully saturated rings. The van der Waals surface area contributed by atoms with Gasteiger partial charge in [0.2, 0.25) is 15.9 Å². The maximum atomic E-state index is 13.0. The first kappa shape index (κ1) is 23.5. The number of unbranched alkanes of at least 4 members (excludes halogenated alkanes) is 2. The number of anilines is 1. The van der Waals surface area contributed by atoms with Gasteiger partial charge in [0.1, 0.15) is 11.9 Å². The highest BCUT2D eigenvalue weighted by Gasteiger charge is 2.25. The van der Waals surface area contributed by atoms with E-state index in [-0.39, 0.29) is 23.6 Å². The second-order valence-corrected chi connectivity index (χ2v) is 8.33. The largest absolute Gasteiger partial charge is 0.326 e. The molecule has 0 aliphatic heterocycles. The van der Waals surface area contributed by atoms with Crippen LogP contribution in [0.4, 0.5) is 10.1 Å². The zero-order chi connectivity index (χ0) is 22.0. The minimum Gasteiger partial charge on any atom is -0.326 e. The highest BCUT2D eigenvalue weighted by atomic mass is 32.2. The van der Waals surface area contributed by atoms with Crippen molar-refractivity contribution in [3.8, 4) is 0 Å². The van der Waals surface area contributed by atoms with Crippen molar-refractivity contribution in [3.05, 3.63) is 60.4 Å². The number of benzene rings is 2. The van der Waals surface area contributed by atoms with Gasteiger partial charge in [-0.2, -0.15) is 4.72 Å². The Kier molecular flexibility index (Phi) is 8.90. The summed E-state index contributed by atoms with van der Waals surface area (Å²) in [7, 11) is -4.07. The molecule has 30 heavy (non-hydrogen) atoms. The number of hydrogen-bond donors (Lipinski definition) is 4. The number of carbonyl (C=O) groups is 2. The molecule has 4 N–H and O–H groups in total. The molecule has 0 aromatic heterocycles. The van der Waals surface area contributed by atoms with E-state index in [1.807, 2.05) is 18.2 Å². The summed E-state index contributed by atoms with van der Waals surface area (Å²) in [4.78, 5) is 23.5. The molecule has 10 heteroatoms. The Morgan fingerprint density at radius 3 is 2.27 bits per heavy atom. The van der Waals surface area contributed by atoms with Crippen molar-refractivity contribution in [2.45, 2.75) is 43.0 Å². The number of sulfonamides is 1. The number of carbonyl (C=O) groups excluding carboxylic acids is 2. The van der Waals surface area contributed by atoms with Crippen LogP contribution >= 0.6 is 0 Å². The van der Waals surface area contributed by atoms with Crippen LogP contribution < -0.4 is 15.5 Å². The first-order chi connectivity index (χ1) is 14.3. The number of hydroxylamine groups is 1. The molecule has 8 nitrogen and oxygen atoms in total. The van der Waals surface area contributed by atoms with E-state index in [0.717, 1.165) is 24.3 Å². The predicted octanol–water partition coefficient (Wildman–Crippen LogP) is 2.57. The lowest BCUT2D eigenvalue weighted by atomic mass is 10.1. The van der Waals surface area contributed by atoms with Crippen LogP contribution in [0.5, 0.6) is 0 Å². The fourth-order valence-electron chi connectivity index (χ4n) is 2.75. The van der Waals surface area contributed by atoms with Gasteiger partial charge < -0.3 is 5.32 Å². The highest BCUT2D eigenvalue weighted by molar-refractivity contribution is 7.89. The van der Waals surface area contributed by atoms with Gasteiger partial charge >= 0.3 is 0 Å².